The van der Waals surface area contributed by atoms with Crippen LogP contribution in [0.3, 0.4) is 0 Å². The van der Waals surface area contributed by atoms with E-state index in [1.165, 1.54) is 0 Å². The van der Waals surface area contributed by atoms with Crippen molar-refractivity contribution in [2.24, 2.45) is 0 Å². The van der Waals surface area contributed by atoms with Crippen molar-refractivity contribution in [1.29, 1.82) is 0 Å². The van der Waals surface area contributed by atoms with Gasteiger partial charge in [0, 0.05) is 19.0 Å². The van der Waals surface area contributed by atoms with Gasteiger partial charge < -0.3 is 19.1 Å². The van der Waals surface area contributed by atoms with E-state index >= 15 is 0 Å². The quantitative estimate of drug-likeness (QED) is 0.484. The van der Waals surface area contributed by atoms with E-state index in [1.54, 1.807) is 31.3 Å². The van der Waals surface area contributed by atoms with Crippen molar-refractivity contribution >= 4 is 21.7 Å². The first-order valence-corrected chi connectivity index (χ1v) is 12.0. The molecule has 0 bridgehead atoms. The van der Waals surface area contributed by atoms with Crippen LogP contribution in [0, 0.1) is 0 Å². The molecule has 0 aromatic heterocycles. The molecule has 1 aliphatic heterocycles. The van der Waals surface area contributed by atoms with Crippen LogP contribution >= 0.6 is 0 Å². The molecule has 168 valence electrons. The van der Waals surface area contributed by atoms with Crippen LogP contribution in [-0.2, 0) is 30.6 Å². The minimum atomic E-state index is -3.10. The van der Waals surface area contributed by atoms with E-state index in [9.17, 15) is 18.0 Å². The molecule has 2 rings (SSSR count). The van der Waals surface area contributed by atoms with Gasteiger partial charge in [-0.2, -0.15) is 0 Å². The molecule has 1 saturated heterocycles. The summed E-state index contributed by atoms with van der Waals surface area (Å²) in [5.41, 5.74) is 0.886. The number of sulfone groups is 1. The lowest BCUT2D eigenvalue weighted by Gasteiger charge is -2.28. The largest absolute Gasteiger partial charge is 0.493 e. The lowest BCUT2D eigenvalue weighted by Crippen LogP contribution is -2.43. The number of ether oxygens (including phenoxy) is 3. The Morgan fingerprint density at radius 2 is 1.90 bits per heavy atom. The van der Waals surface area contributed by atoms with Crippen molar-refractivity contribution in [2.45, 2.75) is 45.1 Å². The van der Waals surface area contributed by atoms with E-state index in [2.05, 4.69) is 0 Å². The number of benzene rings is 1. The molecule has 8 nitrogen and oxygen atoms in total. The van der Waals surface area contributed by atoms with Crippen molar-refractivity contribution < 1.29 is 32.2 Å². The fraction of sp³-hybridized carbons (Fsp3) is 0.619. The number of unbranched alkanes of at least 4 members (excludes halogenated alkanes) is 1. The predicted octanol–water partition coefficient (Wildman–Crippen LogP) is 2.00. The number of rotatable bonds is 11. The van der Waals surface area contributed by atoms with Gasteiger partial charge in [0.1, 0.15) is 0 Å². The number of hydrogen-bond donors (Lipinski definition) is 0. The first-order chi connectivity index (χ1) is 14.3. The summed E-state index contributed by atoms with van der Waals surface area (Å²) in [4.78, 5) is 26.3. The van der Waals surface area contributed by atoms with Crippen molar-refractivity contribution in [1.82, 2.24) is 4.90 Å². The Bertz CT molecular complexity index is 838. The molecule has 1 aromatic rings. The summed E-state index contributed by atoms with van der Waals surface area (Å²) < 4.78 is 39.2. The Balaban J connectivity index is 1.86. The van der Waals surface area contributed by atoms with Gasteiger partial charge >= 0.3 is 5.97 Å². The number of amides is 1. The molecular weight excluding hydrogens is 410 g/mol. The van der Waals surface area contributed by atoms with E-state index in [0.29, 0.717) is 30.9 Å². The fourth-order valence-corrected chi connectivity index (χ4v) is 5.17. The summed E-state index contributed by atoms with van der Waals surface area (Å²) in [5.74, 6) is 0.443. The lowest BCUT2D eigenvalue weighted by molar-refractivity contribution is -0.152. The average Bonchev–Trinajstić information content (AvgIpc) is 3.09. The number of nitrogens with zero attached hydrogens (tertiary/aromatic N) is 1. The number of aryl methyl sites for hydroxylation is 1. The molecule has 1 aromatic carbocycles. The maximum Gasteiger partial charge on any atom is 0.306 e. The highest BCUT2D eigenvalue weighted by molar-refractivity contribution is 7.91. The highest BCUT2D eigenvalue weighted by Gasteiger charge is 2.34. The van der Waals surface area contributed by atoms with Gasteiger partial charge in [-0.1, -0.05) is 19.4 Å². The van der Waals surface area contributed by atoms with Gasteiger partial charge in [-0.3, -0.25) is 9.59 Å². The van der Waals surface area contributed by atoms with Gasteiger partial charge in [0.25, 0.3) is 5.91 Å². The third-order valence-corrected chi connectivity index (χ3v) is 6.89. The zero-order valence-electron chi connectivity index (χ0n) is 17.9. The summed E-state index contributed by atoms with van der Waals surface area (Å²) >= 11 is 0. The summed E-state index contributed by atoms with van der Waals surface area (Å²) in [6, 6.07) is 5.07. The molecule has 1 aliphatic rings. The number of methoxy groups -OCH3 is 2. The predicted molar refractivity (Wildman–Crippen MR) is 113 cm³/mol. The monoisotopic (exact) mass is 441 g/mol. The average molecular weight is 442 g/mol. The standard InChI is InChI=1S/C21H31NO7S/c1-4-5-11-22(17-10-12-30(25,26)15-17)20(23)14-29-21(24)9-7-16-6-8-18(27-2)19(13-16)28-3/h6,8,13,17H,4-5,7,9-12,14-15H2,1-3H3. The van der Waals surface area contributed by atoms with Crippen LogP contribution < -0.4 is 9.47 Å². The smallest absolute Gasteiger partial charge is 0.306 e. The Labute approximate surface area is 178 Å². The summed E-state index contributed by atoms with van der Waals surface area (Å²) in [5, 5.41) is 0. The van der Waals surface area contributed by atoms with Gasteiger partial charge in [-0.25, -0.2) is 8.42 Å². The second-order valence-corrected chi connectivity index (χ2v) is 9.58. The summed E-state index contributed by atoms with van der Waals surface area (Å²) in [6.45, 7) is 2.10. The molecule has 1 unspecified atom stereocenters. The Morgan fingerprint density at radius 1 is 1.17 bits per heavy atom. The topological polar surface area (TPSA) is 99.2 Å². The van der Waals surface area contributed by atoms with Crippen molar-refractivity contribution in [2.75, 3.05) is 38.9 Å². The van der Waals surface area contributed by atoms with E-state index in [0.717, 1.165) is 18.4 Å². The van der Waals surface area contributed by atoms with Gasteiger partial charge in [0.2, 0.25) is 0 Å². The number of esters is 1. The maximum absolute atomic E-state index is 12.6. The molecule has 9 heteroatoms. The number of hydrogen-bond acceptors (Lipinski definition) is 7. The third-order valence-electron chi connectivity index (χ3n) is 5.14. The zero-order chi connectivity index (χ0) is 22.1. The van der Waals surface area contributed by atoms with Gasteiger partial charge in [-0.05, 0) is 37.0 Å². The van der Waals surface area contributed by atoms with E-state index in [4.69, 9.17) is 14.2 Å². The summed E-state index contributed by atoms with van der Waals surface area (Å²) in [7, 11) is -0.00592. The minimum absolute atomic E-state index is 0.0182. The van der Waals surface area contributed by atoms with Crippen LogP contribution in [0.5, 0.6) is 11.5 Å². The fourth-order valence-electron chi connectivity index (χ4n) is 3.44. The molecule has 1 fully saturated rings. The minimum Gasteiger partial charge on any atom is -0.493 e. The SMILES string of the molecule is CCCCN(C(=O)COC(=O)CCc1ccc(OC)c(OC)c1)C1CCS(=O)(=O)C1. The lowest BCUT2D eigenvalue weighted by atomic mass is 10.1. The van der Waals surface area contributed by atoms with Crippen molar-refractivity contribution in [3.8, 4) is 11.5 Å². The second kappa shape index (κ2) is 11.2. The second-order valence-electron chi connectivity index (χ2n) is 7.35. The molecule has 0 spiro atoms. The number of carbonyl (C=O) groups excluding carboxylic acids is 2. The maximum atomic E-state index is 12.6. The van der Waals surface area contributed by atoms with Crippen molar-refractivity contribution in [3.63, 3.8) is 0 Å². The van der Waals surface area contributed by atoms with Gasteiger partial charge in [-0.15, -0.1) is 0 Å². The van der Waals surface area contributed by atoms with E-state index < -0.39 is 15.8 Å². The molecular formula is C21H31NO7S. The van der Waals surface area contributed by atoms with Crippen LogP contribution in [0.25, 0.3) is 0 Å². The first kappa shape index (κ1) is 24.0. The normalized spacial score (nSPS) is 17.4. The summed E-state index contributed by atoms with van der Waals surface area (Å²) in [6.07, 6.45) is 2.65. The molecule has 0 radical (unpaired) electrons. The van der Waals surface area contributed by atoms with Gasteiger partial charge in [0.05, 0.1) is 25.7 Å². The molecule has 0 aliphatic carbocycles. The Morgan fingerprint density at radius 3 is 2.50 bits per heavy atom. The number of carbonyl (C=O) groups is 2. The van der Waals surface area contributed by atoms with Crippen LogP contribution in [0.1, 0.15) is 38.2 Å². The molecule has 30 heavy (non-hydrogen) atoms. The van der Waals surface area contributed by atoms with Crippen LogP contribution in [0.4, 0.5) is 0 Å². The Hall–Kier alpha value is -2.29. The molecule has 1 atom stereocenters. The van der Waals surface area contributed by atoms with E-state index in [1.807, 2.05) is 13.0 Å². The molecule has 0 N–H and O–H groups in total. The van der Waals surface area contributed by atoms with E-state index in [-0.39, 0.29) is 36.5 Å². The van der Waals surface area contributed by atoms with Gasteiger partial charge in [0.15, 0.2) is 27.9 Å². The molecule has 1 amide bonds. The van der Waals surface area contributed by atoms with Crippen LogP contribution in [-0.4, -0.2) is 70.1 Å². The third kappa shape index (κ3) is 6.90. The highest BCUT2D eigenvalue weighted by atomic mass is 32.2. The zero-order valence-corrected chi connectivity index (χ0v) is 18.7. The van der Waals surface area contributed by atoms with Crippen LogP contribution in [0.2, 0.25) is 0 Å². The highest BCUT2D eigenvalue weighted by Crippen LogP contribution is 2.28. The molecule has 0 saturated carbocycles. The van der Waals surface area contributed by atoms with Crippen LogP contribution in [0.15, 0.2) is 18.2 Å². The Kier molecular flexibility index (Phi) is 8.95. The van der Waals surface area contributed by atoms with Crippen molar-refractivity contribution in [3.05, 3.63) is 23.8 Å². The first-order valence-electron chi connectivity index (χ1n) is 10.2. The molecule has 1 heterocycles.